The summed E-state index contributed by atoms with van der Waals surface area (Å²) in [6.45, 7) is 2.62. The van der Waals surface area contributed by atoms with Crippen LogP contribution in [0.5, 0.6) is 0 Å². The van der Waals surface area contributed by atoms with Gasteiger partial charge in [0.15, 0.2) is 11.9 Å². The summed E-state index contributed by atoms with van der Waals surface area (Å²) in [5, 5.41) is 10.0. The van der Waals surface area contributed by atoms with Crippen molar-refractivity contribution in [1.82, 2.24) is 9.55 Å². The smallest absolute Gasteiger partial charge is 0.366 e. The minimum atomic E-state index is -3.07. The van der Waals surface area contributed by atoms with Gasteiger partial charge >= 0.3 is 13.9 Å². The van der Waals surface area contributed by atoms with E-state index in [1.54, 1.807) is 0 Å². The van der Waals surface area contributed by atoms with Crippen LogP contribution in [0.15, 0.2) is 15.8 Å². The summed E-state index contributed by atoms with van der Waals surface area (Å²) in [6, 6.07) is 0. The molecule has 1 aromatic rings. The van der Waals surface area contributed by atoms with Crippen molar-refractivity contribution < 1.29 is 28.6 Å². The van der Waals surface area contributed by atoms with Gasteiger partial charge < -0.3 is 9.84 Å². The van der Waals surface area contributed by atoms with E-state index >= 15 is 0 Å². The highest BCUT2D eigenvalue weighted by atomic mass is 31.1. The predicted molar refractivity (Wildman–Crippen MR) is 76.0 cm³/mol. The molecular weight excluding hydrogens is 331 g/mol. The van der Waals surface area contributed by atoms with Gasteiger partial charge in [-0.2, -0.15) is 0 Å². The number of rotatable bonds is 5. The van der Waals surface area contributed by atoms with Crippen LogP contribution >= 0.6 is 8.25 Å². The largest absolute Gasteiger partial charge is 0.390 e. The zero-order valence-corrected chi connectivity index (χ0v) is 13.2. The van der Waals surface area contributed by atoms with Crippen LogP contribution in [0.1, 0.15) is 25.1 Å². The number of aliphatic hydroxyl groups is 1. The fourth-order valence-corrected chi connectivity index (χ4v) is 2.85. The van der Waals surface area contributed by atoms with Gasteiger partial charge in [-0.3, -0.25) is 28.6 Å². The number of aromatic nitrogens is 2. The Hall–Kier alpha value is -1.71. The Labute approximate surface area is 130 Å². The standard InChI is InChI=1S/C12H16N2O8P/c1-5-4-14(12(18)13-11(5)17)8-3-7(16)10(21-8)9(6(2)15)22-23(19)20/h4,7-10,16H,3H2,1-2H3,(H,19,20)(H,13,17,18)/t7-,8+,9?,10-/m0/s1. The van der Waals surface area contributed by atoms with Crippen LogP contribution in [-0.2, 0) is 18.6 Å². The molecule has 1 radical (unpaired) electrons. The van der Waals surface area contributed by atoms with Crippen molar-refractivity contribution in [2.24, 2.45) is 0 Å². The first-order valence-electron chi connectivity index (χ1n) is 6.69. The quantitative estimate of drug-likeness (QED) is 0.581. The van der Waals surface area contributed by atoms with Gasteiger partial charge in [-0.15, -0.1) is 0 Å². The third-order valence-corrected chi connectivity index (χ3v) is 3.90. The van der Waals surface area contributed by atoms with E-state index in [2.05, 4.69) is 9.51 Å². The maximum absolute atomic E-state index is 11.8. The minimum Gasteiger partial charge on any atom is -0.390 e. The lowest BCUT2D eigenvalue weighted by atomic mass is 10.1. The Balaban J connectivity index is 2.29. The highest BCUT2D eigenvalue weighted by Gasteiger charge is 2.43. The normalized spacial score (nSPS) is 26.1. The Morgan fingerprint density at radius 2 is 2.22 bits per heavy atom. The van der Waals surface area contributed by atoms with Gasteiger partial charge in [0.1, 0.15) is 12.3 Å². The molecule has 5 atom stereocenters. The van der Waals surface area contributed by atoms with Crippen LogP contribution in [-0.4, -0.2) is 43.6 Å². The number of hydrogen-bond donors (Lipinski definition) is 3. The lowest BCUT2D eigenvalue weighted by Crippen LogP contribution is -2.40. The van der Waals surface area contributed by atoms with E-state index in [1.807, 2.05) is 0 Å². The first-order chi connectivity index (χ1) is 10.7. The molecule has 127 valence electrons. The summed E-state index contributed by atoms with van der Waals surface area (Å²) in [5.74, 6) is -0.600. The van der Waals surface area contributed by atoms with Crippen LogP contribution in [0.2, 0.25) is 0 Å². The highest BCUT2D eigenvalue weighted by molar-refractivity contribution is 7.32. The molecule has 3 N–H and O–H groups in total. The number of Topliss-reactive ketones (excluding diaryl/α,β-unsaturated/α-hetero) is 1. The molecule has 10 nitrogen and oxygen atoms in total. The number of nitrogens with one attached hydrogen (secondary N) is 1. The average Bonchev–Trinajstić information content (AvgIpc) is 2.81. The number of carbonyl (C=O) groups excluding carboxylic acids is 1. The van der Waals surface area contributed by atoms with Gasteiger partial charge in [-0.05, 0) is 13.8 Å². The molecule has 0 amide bonds. The summed E-state index contributed by atoms with van der Waals surface area (Å²) >= 11 is 0. The topological polar surface area (TPSA) is 148 Å². The van der Waals surface area contributed by atoms with Crippen LogP contribution < -0.4 is 11.2 Å². The fraction of sp³-hybridized carbons (Fsp3) is 0.583. The van der Waals surface area contributed by atoms with Gasteiger partial charge in [0, 0.05) is 18.2 Å². The predicted octanol–water partition coefficient (Wildman–Crippen LogP) is -0.883. The molecule has 2 heterocycles. The second-order valence-corrected chi connectivity index (χ2v) is 5.90. The number of hydrogen-bond acceptors (Lipinski definition) is 7. The first-order valence-corrected chi connectivity index (χ1v) is 7.82. The first kappa shape index (κ1) is 17.6. The van der Waals surface area contributed by atoms with E-state index < -0.39 is 49.8 Å². The van der Waals surface area contributed by atoms with Gasteiger partial charge in [0.05, 0.1) is 6.10 Å². The highest BCUT2D eigenvalue weighted by Crippen LogP contribution is 2.33. The number of H-pyrrole nitrogens is 1. The number of aryl methyl sites for hydroxylation is 1. The molecule has 0 aromatic carbocycles. The zero-order chi connectivity index (χ0) is 17.3. The van der Waals surface area contributed by atoms with Crippen molar-refractivity contribution >= 4 is 14.0 Å². The lowest BCUT2D eigenvalue weighted by molar-refractivity contribution is -0.136. The average molecular weight is 347 g/mol. The van der Waals surface area contributed by atoms with E-state index in [-0.39, 0.29) is 12.0 Å². The number of aliphatic hydroxyl groups excluding tert-OH is 1. The van der Waals surface area contributed by atoms with Gasteiger partial charge in [0.2, 0.25) is 0 Å². The van der Waals surface area contributed by atoms with E-state index in [9.17, 15) is 24.1 Å². The monoisotopic (exact) mass is 347 g/mol. The van der Waals surface area contributed by atoms with E-state index in [0.29, 0.717) is 0 Å². The van der Waals surface area contributed by atoms with Crippen molar-refractivity contribution in [3.63, 3.8) is 0 Å². The van der Waals surface area contributed by atoms with Crippen molar-refractivity contribution in [1.29, 1.82) is 0 Å². The molecule has 0 aliphatic carbocycles. The molecule has 0 bridgehead atoms. The number of ketones is 1. The van der Waals surface area contributed by atoms with Gasteiger partial charge in [-0.25, -0.2) is 9.36 Å². The molecule has 11 heteroatoms. The third-order valence-electron chi connectivity index (χ3n) is 3.50. The van der Waals surface area contributed by atoms with Crippen LogP contribution in [0.4, 0.5) is 0 Å². The molecule has 0 spiro atoms. The number of aromatic amines is 1. The summed E-state index contributed by atoms with van der Waals surface area (Å²) in [5.41, 5.74) is -1.00. The van der Waals surface area contributed by atoms with Crippen molar-refractivity contribution in [3.05, 3.63) is 32.6 Å². The van der Waals surface area contributed by atoms with Crippen molar-refractivity contribution in [2.45, 2.75) is 44.8 Å². The summed E-state index contributed by atoms with van der Waals surface area (Å²) in [6.07, 6.45) is -3.56. The number of carbonyl (C=O) groups is 1. The number of ether oxygens (including phenoxy) is 1. The maximum atomic E-state index is 11.8. The van der Waals surface area contributed by atoms with Crippen LogP contribution in [0.25, 0.3) is 0 Å². The van der Waals surface area contributed by atoms with Gasteiger partial charge in [-0.1, -0.05) is 0 Å². The molecule has 1 aliphatic heterocycles. The van der Waals surface area contributed by atoms with Crippen molar-refractivity contribution in [2.75, 3.05) is 0 Å². The Bertz CT molecular complexity index is 741. The lowest BCUT2D eigenvalue weighted by Gasteiger charge is -2.22. The van der Waals surface area contributed by atoms with Gasteiger partial charge in [0.25, 0.3) is 5.56 Å². The van der Waals surface area contributed by atoms with E-state index in [4.69, 9.17) is 9.63 Å². The Morgan fingerprint density at radius 1 is 1.57 bits per heavy atom. The molecule has 0 saturated carbocycles. The molecular formula is C12H16N2O8P. The third kappa shape index (κ3) is 3.80. The summed E-state index contributed by atoms with van der Waals surface area (Å²) in [7, 11) is -3.07. The summed E-state index contributed by atoms with van der Waals surface area (Å²) < 4.78 is 22.0. The molecule has 23 heavy (non-hydrogen) atoms. The molecule has 1 aromatic heterocycles. The van der Waals surface area contributed by atoms with Crippen molar-refractivity contribution in [3.8, 4) is 0 Å². The molecule has 1 saturated heterocycles. The fourth-order valence-electron chi connectivity index (χ4n) is 2.38. The SMILES string of the molecule is CC(=O)C(O[P](=O)O)[C@H]1O[C@@H](n2cc(C)c(=O)[nH]c2=O)C[C@@H]1O. The molecule has 2 unspecified atom stereocenters. The van der Waals surface area contributed by atoms with E-state index in [0.717, 1.165) is 11.5 Å². The second kappa shape index (κ2) is 6.81. The maximum Gasteiger partial charge on any atom is 0.366 e. The Kier molecular flexibility index (Phi) is 5.23. The summed E-state index contributed by atoms with van der Waals surface area (Å²) in [4.78, 5) is 45.7. The zero-order valence-electron chi connectivity index (χ0n) is 12.3. The van der Waals surface area contributed by atoms with Crippen LogP contribution in [0.3, 0.4) is 0 Å². The Morgan fingerprint density at radius 3 is 2.78 bits per heavy atom. The molecule has 1 aliphatic rings. The molecule has 2 rings (SSSR count). The van der Waals surface area contributed by atoms with E-state index in [1.165, 1.54) is 13.1 Å². The second-order valence-electron chi connectivity index (χ2n) is 5.21. The number of nitrogens with zero attached hydrogens (tertiary/aromatic N) is 1. The minimum absolute atomic E-state index is 0.0502. The molecule has 1 fully saturated rings. The van der Waals surface area contributed by atoms with Crippen LogP contribution in [0, 0.1) is 6.92 Å².